The zero-order chi connectivity index (χ0) is 16.6. The highest BCUT2D eigenvalue weighted by atomic mass is 32.2. The molecular weight excluding hydrogens is 332 g/mol. The van der Waals surface area contributed by atoms with Crippen molar-refractivity contribution < 1.29 is 19.1 Å². The molecule has 0 aromatic heterocycles. The van der Waals surface area contributed by atoms with Gasteiger partial charge in [0.15, 0.2) is 17.3 Å². The lowest BCUT2D eigenvalue weighted by molar-refractivity contribution is -0.133. The van der Waals surface area contributed by atoms with Crippen molar-refractivity contribution in [3.05, 3.63) is 23.3 Å². The molecule has 0 radical (unpaired) electrons. The first kappa shape index (κ1) is 16.6. The minimum atomic E-state index is -1.14. The van der Waals surface area contributed by atoms with E-state index in [0.29, 0.717) is 35.2 Å². The van der Waals surface area contributed by atoms with E-state index in [4.69, 9.17) is 4.74 Å². The van der Waals surface area contributed by atoms with Gasteiger partial charge >= 0.3 is 0 Å². The quantitative estimate of drug-likeness (QED) is 0.614. The number of fused-ring (bicyclic) bond motifs is 1. The monoisotopic (exact) mass is 350 g/mol. The minimum absolute atomic E-state index is 0.259. The summed E-state index contributed by atoms with van der Waals surface area (Å²) in [6, 6.07) is 3.61. The molecule has 0 spiro atoms. The second kappa shape index (κ2) is 6.69. The smallest absolute Gasteiger partial charge is 0.184 e. The van der Waals surface area contributed by atoms with Crippen LogP contribution in [0.5, 0.6) is 5.75 Å². The number of benzene rings is 1. The van der Waals surface area contributed by atoms with Gasteiger partial charge in [-0.2, -0.15) is 11.8 Å². The molecule has 0 bridgehead atoms. The molecule has 1 aliphatic heterocycles. The second-order valence-corrected chi connectivity index (χ2v) is 8.28. The van der Waals surface area contributed by atoms with Crippen LogP contribution in [0.2, 0.25) is 0 Å². The van der Waals surface area contributed by atoms with Gasteiger partial charge < -0.3 is 4.74 Å². The summed E-state index contributed by atoms with van der Waals surface area (Å²) in [6.07, 6.45) is 4.04. The molecule has 0 amide bonds. The van der Waals surface area contributed by atoms with E-state index in [-0.39, 0.29) is 11.6 Å². The van der Waals surface area contributed by atoms with Crippen LogP contribution < -0.4 is 4.74 Å². The molecule has 1 atom stereocenters. The van der Waals surface area contributed by atoms with Gasteiger partial charge in [0.05, 0.1) is 17.3 Å². The van der Waals surface area contributed by atoms with Crippen molar-refractivity contribution in [2.45, 2.75) is 35.2 Å². The third-order valence-corrected chi connectivity index (χ3v) is 6.96. The number of ether oxygens (including phenoxy) is 1. The third-order valence-electron chi connectivity index (χ3n) is 4.33. The molecule has 0 N–H and O–H groups in total. The number of hydrogen-bond donors (Lipinski definition) is 0. The maximum Gasteiger partial charge on any atom is 0.184 e. The van der Waals surface area contributed by atoms with Crippen LogP contribution in [-0.4, -0.2) is 35.3 Å². The SMILES string of the molecule is COc1c(C(=O)C2C(=O)CCCC2=O)ccc2c1CC(SC)S2. The second-order valence-electron chi connectivity index (χ2n) is 5.69. The average molecular weight is 350 g/mol. The van der Waals surface area contributed by atoms with Crippen LogP contribution in [0.15, 0.2) is 17.0 Å². The zero-order valence-electron chi connectivity index (χ0n) is 13.1. The van der Waals surface area contributed by atoms with E-state index >= 15 is 0 Å². The molecule has 2 aliphatic rings. The van der Waals surface area contributed by atoms with Gasteiger partial charge in [-0.1, -0.05) is 0 Å². The summed E-state index contributed by atoms with van der Waals surface area (Å²) in [5.74, 6) is -1.53. The molecule has 1 aliphatic carbocycles. The topological polar surface area (TPSA) is 60.4 Å². The van der Waals surface area contributed by atoms with E-state index in [2.05, 4.69) is 6.26 Å². The Balaban J connectivity index is 1.99. The Kier molecular flexibility index (Phi) is 4.82. The van der Waals surface area contributed by atoms with Crippen LogP contribution in [0.25, 0.3) is 0 Å². The number of carbonyl (C=O) groups is 3. The van der Waals surface area contributed by atoms with Crippen LogP contribution in [0, 0.1) is 5.92 Å². The first-order valence-electron chi connectivity index (χ1n) is 7.55. The summed E-state index contributed by atoms with van der Waals surface area (Å²) < 4.78 is 5.90. The van der Waals surface area contributed by atoms with Crippen LogP contribution in [0.3, 0.4) is 0 Å². The van der Waals surface area contributed by atoms with Crippen molar-refractivity contribution in [1.82, 2.24) is 0 Å². The highest BCUT2D eigenvalue weighted by molar-refractivity contribution is 8.17. The lowest BCUT2D eigenvalue weighted by Crippen LogP contribution is -2.35. The largest absolute Gasteiger partial charge is 0.496 e. The van der Waals surface area contributed by atoms with Crippen molar-refractivity contribution in [2.75, 3.05) is 13.4 Å². The molecule has 3 rings (SSSR count). The Hall–Kier alpha value is -1.27. The molecular formula is C17H18O4S2. The van der Waals surface area contributed by atoms with E-state index in [0.717, 1.165) is 16.9 Å². The standard InChI is InChI=1S/C17H18O4S2/c1-21-17-9(6-7-13-10(17)8-14(22-2)23-13)16(20)15-11(18)4-3-5-12(15)19/h6-7,14-15H,3-5,8H2,1-2H3. The van der Waals surface area contributed by atoms with Gasteiger partial charge in [0.1, 0.15) is 11.7 Å². The summed E-state index contributed by atoms with van der Waals surface area (Å²) in [5.41, 5.74) is 1.38. The van der Waals surface area contributed by atoms with Crippen molar-refractivity contribution in [1.29, 1.82) is 0 Å². The Morgan fingerprint density at radius 2 is 1.96 bits per heavy atom. The number of Topliss-reactive ketones (excluding diaryl/α,β-unsaturated/α-hetero) is 3. The number of hydrogen-bond acceptors (Lipinski definition) is 6. The van der Waals surface area contributed by atoms with Crippen LogP contribution >= 0.6 is 23.5 Å². The molecule has 0 saturated heterocycles. The van der Waals surface area contributed by atoms with Gasteiger partial charge in [0.25, 0.3) is 0 Å². The average Bonchev–Trinajstić information content (AvgIpc) is 2.96. The molecule has 122 valence electrons. The highest BCUT2D eigenvalue weighted by Crippen LogP contribution is 2.46. The molecule has 1 fully saturated rings. The fourth-order valence-electron chi connectivity index (χ4n) is 3.18. The number of thioether (sulfide) groups is 2. The molecule has 1 unspecified atom stereocenters. The van der Waals surface area contributed by atoms with Crippen molar-refractivity contribution in [3.63, 3.8) is 0 Å². The van der Waals surface area contributed by atoms with Gasteiger partial charge in [-0.25, -0.2) is 0 Å². The fourth-order valence-corrected chi connectivity index (χ4v) is 5.20. The lowest BCUT2D eigenvalue weighted by atomic mass is 9.81. The molecule has 4 nitrogen and oxygen atoms in total. The first-order chi connectivity index (χ1) is 11.1. The Labute approximate surface area is 143 Å². The van der Waals surface area contributed by atoms with Crippen LogP contribution in [0.4, 0.5) is 0 Å². The van der Waals surface area contributed by atoms with Gasteiger partial charge in [-0.05, 0) is 31.2 Å². The van der Waals surface area contributed by atoms with E-state index in [1.807, 2.05) is 6.07 Å². The Morgan fingerprint density at radius 1 is 1.26 bits per heavy atom. The molecule has 23 heavy (non-hydrogen) atoms. The Bertz CT molecular complexity index is 667. The highest BCUT2D eigenvalue weighted by Gasteiger charge is 2.38. The maximum atomic E-state index is 12.8. The van der Waals surface area contributed by atoms with Crippen LogP contribution in [-0.2, 0) is 16.0 Å². The molecule has 1 aromatic carbocycles. The van der Waals surface area contributed by atoms with Gasteiger partial charge in [0, 0.05) is 23.3 Å². The van der Waals surface area contributed by atoms with E-state index in [1.54, 1.807) is 29.6 Å². The molecule has 1 saturated carbocycles. The third kappa shape index (κ3) is 2.94. The maximum absolute atomic E-state index is 12.8. The predicted octanol–water partition coefficient (Wildman–Crippen LogP) is 3.15. The molecule has 1 heterocycles. The van der Waals surface area contributed by atoms with Crippen molar-refractivity contribution in [2.24, 2.45) is 5.92 Å². The van der Waals surface area contributed by atoms with Gasteiger partial charge in [0.2, 0.25) is 0 Å². The number of rotatable bonds is 4. The summed E-state index contributed by atoms with van der Waals surface area (Å²) in [5, 5.41) is 0. The van der Waals surface area contributed by atoms with E-state index < -0.39 is 11.7 Å². The van der Waals surface area contributed by atoms with E-state index in [1.165, 1.54) is 7.11 Å². The first-order valence-corrected chi connectivity index (χ1v) is 9.72. The summed E-state index contributed by atoms with van der Waals surface area (Å²) in [4.78, 5) is 38.1. The lowest BCUT2D eigenvalue weighted by Gasteiger charge is -2.20. The normalized spacial score (nSPS) is 21.4. The van der Waals surface area contributed by atoms with Crippen molar-refractivity contribution >= 4 is 40.9 Å². The van der Waals surface area contributed by atoms with Gasteiger partial charge in [-0.3, -0.25) is 14.4 Å². The molecule has 1 aromatic rings. The summed E-state index contributed by atoms with van der Waals surface area (Å²) >= 11 is 3.53. The van der Waals surface area contributed by atoms with Crippen LogP contribution in [0.1, 0.15) is 35.2 Å². The molecule has 6 heteroatoms. The fraction of sp³-hybridized carbons (Fsp3) is 0.471. The zero-order valence-corrected chi connectivity index (χ0v) is 14.7. The number of ketones is 3. The van der Waals surface area contributed by atoms with Gasteiger partial charge in [-0.15, -0.1) is 11.8 Å². The minimum Gasteiger partial charge on any atom is -0.496 e. The summed E-state index contributed by atoms with van der Waals surface area (Å²) in [6.45, 7) is 0. The Morgan fingerprint density at radius 3 is 2.57 bits per heavy atom. The predicted molar refractivity (Wildman–Crippen MR) is 91.5 cm³/mol. The van der Waals surface area contributed by atoms with Crippen molar-refractivity contribution in [3.8, 4) is 5.75 Å². The number of methoxy groups -OCH3 is 1. The van der Waals surface area contributed by atoms with E-state index in [9.17, 15) is 14.4 Å². The summed E-state index contributed by atoms with van der Waals surface area (Å²) in [7, 11) is 1.54. The number of carbonyl (C=O) groups excluding carboxylic acids is 3.